The summed E-state index contributed by atoms with van der Waals surface area (Å²) in [4.78, 5) is 0. The van der Waals surface area contributed by atoms with E-state index in [4.69, 9.17) is 0 Å². The number of rotatable bonds is 5. The summed E-state index contributed by atoms with van der Waals surface area (Å²) in [6.45, 7) is 11.8. The fourth-order valence-corrected chi connectivity index (χ4v) is 0.935. The molecule has 0 rings (SSSR count). The molecule has 0 radical (unpaired) electrons. The highest BCUT2D eigenvalue weighted by atomic mass is 14.8. The molecular formula is C11H19N. The SMILES string of the molecule is C=C/C(C)=C/C(=C)CC(C)NC. The Morgan fingerprint density at radius 3 is 2.58 bits per heavy atom. The fraction of sp³-hybridized carbons (Fsp3) is 0.455. The van der Waals surface area contributed by atoms with Crippen LogP contribution >= 0.6 is 0 Å². The van der Waals surface area contributed by atoms with Crippen LogP contribution < -0.4 is 5.32 Å². The molecule has 0 saturated heterocycles. The normalized spacial score (nSPS) is 14.1. The molecule has 12 heavy (non-hydrogen) atoms. The number of hydrogen-bond donors (Lipinski definition) is 1. The van der Waals surface area contributed by atoms with Gasteiger partial charge in [-0.2, -0.15) is 0 Å². The van der Waals surface area contributed by atoms with Crippen LogP contribution in [0.3, 0.4) is 0 Å². The van der Waals surface area contributed by atoms with E-state index in [1.165, 1.54) is 5.57 Å². The average Bonchev–Trinajstić information content (AvgIpc) is 2.03. The van der Waals surface area contributed by atoms with Gasteiger partial charge in [-0.1, -0.05) is 36.5 Å². The lowest BCUT2D eigenvalue weighted by Crippen LogP contribution is -2.21. The molecule has 0 aliphatic heterocycles. The lowest BCUT2D eigenvalue weighted by molar-refractivity contribution is 0.611. The molecule has 0 fully saturated rings. The highest BCUT2D eigenvalue weighted by Crippen LogP contribution is 2.07. The van der Waals surface area contributed by atoms with Crippen molar-refractivity contribution in [3.8, 4) is 0 Å². The van der Waals surface area contributed by atoms with Crippen molar-refractivity contribution in [2.45, 2.75) is 26.3 Å². The van der Waals surface area contributed by atoms with Crippen LogP contribution in [-0.2, 0) is 0 Å². The third-order valence-corrected chi connectivity index (χ3v) is 1.81. The molecular weight excluding hydrogens is 146 g/mol. The summed E-state index contributed by atoms with van der Waals surface area (Å²) >= 11 is 0. The van der Waals surface area contributed by atoms with Crippen LogP contribution in [-0.4, -0.2) is 13.1 Å². The van der Waals surface area contributed by atoms with Crippen molar-refractivity contribution in [2.24, 2.45) is 0 Å². The first kappa shape index (κ1) is 11.2. The summed E-state index contributed by atoms with van der Waals surface area (Å²) in [5.74, 6) is 0. The molecule has 1 nitrogen and oxygen atoms in total. The molecule has 0 aliphatic rings. The summed E-state index contributed by atoms with van der Waals surface area (Å²) in [6.07, 6.45) is 4.90. The zero-order valence-corrected chi connectivity index (χ0v) is 8.35. The van der Waals surface area contributed by atoms with Crippen molar-refractivity contribution >= 4 is 0 Å². The molecule has 0 aliphatic carbocycles. The quantitative estimate of drug-likeness (QED) is 0.618. The van der Waals surface area contributed by atoms with Gasteiger partial charge in [0.15, 0.2) is 0 Å². The van der Waals surface area contributed by atoms with Gasteiger partial charge in [0, 0.05) is 6.04 Å². The monoisotopic (exact) mass is 165 g/mol. The van der Waals surface area contributed by atoms with Crippen molar-refractivity contribution in [2.75, 3.05) is 7.05 Å². The van der Waals surface area contributed by atoms with Crippen LogP contribution in [0.1, 0.15) is 20.3 Å². The van der Waals surface area contributed by atoms with Crippen molar-refractivity contribution in [3.63, 3.8) is 0 Å². The fourth-order valence-electron chi connectivity index (χ4n) is 0.935. The molecule has 0 spiro atoms. The summed E-state index contributed by atoms with van der Waals surface area (Å²) in [7, 11) is 1.96. The average molecular weight is 165 g/mol. The molecule has 0 amide bonds. The highest BCUT2D eigenvalue weighted by molar-refractivity contribution is 5.26. The minimum atomic E-state index is 0.492. The van der Waals surface area contributed by atoms with E-state index in [1.54, 1.807) is 0 Å². The van der Waals surface area contributed by atoms with Gasteiger partial charge in [0.2, 0.25) is 0 Å². The van der Waals surface area contributed by atoms with Crippen LogP contribution in [0.2, 0.25) is 0 Å². The van der Waals surface area contributed by atoms with Crippen LogP contribution in [0, 0.1) is 0 Å². The summed E-state index contributed by atoms with van der Waals surface area (Å²) in [5.41, 5.74) is 2.32. The Kier molecular flexibility index (Phi) is 5.39. The van der Waals surface area contributed by atoms with E-state index in [0.717, 1.165) is 12.0 Å². The number of nitrogens with one attached hydrogen (secondary N) is 1. The zero-order valence-electron chi connectivity index (χ0n) is 8.35. The summed E-state index contributed by atoms with van der Waals surface area (Å²) in [6, 6.07) is 0.492. The van der Waals surface area contributed by atoms with Crippen molar-refractivity contribution in [1.29, 1.82) is 0 Å². The molecule has 1 N–H and O–H groups in total. The first-order chi connectivity index (χ1) is 5.60. The van der Waals surface area contributed by atoms with E-state index in [0.29, 0.717) is 6.04 Å². The molecule has 0 aromatic heterocycles. The van der Waals surface area contributed by atoms with Gasteiger partial charge in [-0.3, -0.25) is 0 Å². The lowest BCUT2D eigenvalue weighted by atomic mass is 10.1. The summed E-state index contributed by atoms with van der Waals surface area (Å²) in [5, 5.41) is 3.17. The lowest BCUT2D eigenvalue weighted by Gasteiger charge is -2.09. The van der Waals surface area contributed by atoms with Crippen molar-refractivity contribution in [3.05, 3.63) is 36.5 Å². The van der Waals surface area contributed by atoms with E-state index in [1.807, 2.05) is 20.0 Å². The van der Waals surface area contributed by atoms with Crippen molar-refractivity contribution < 1.29 is 0 Å². The van der Waals surface area contributed by atoms with Crippen LogP contribution in [0.4, 0.5) is 0 Å². The number of hydrogen-bond acceptors (Lipinski definition) is 1. The molecule has 68 valence electrons. The second-order valence-corrected chi connectivity index (χ2v) is 3.14. The van der Waals surface area contributed by atoms with Gasteiger partial charge < -0.3 is 5.32 Å². The Hall–Kier alpha value is -0.820. The van der Waals surface area contributed by atoms with Gasteiger partial charge in [-0.25, -0.2) is 0 Å². The third-order valence-electron chi connectivity index (χ3n) is 1.81. The largest absolute Gasteiger partial charge is 0.317 e. The zero-order chi connectivity index (χ0) is 9.56. The first-order valence-electron chi connectivity index (χ1n) is 4.26. The standard InChI is InChI=1S/C11H19N/c1-6-9(2)7-10(3)8-11(4)12-5/h6-7,11-12H,1,3,8H2,2,4-5H3/b9-7+. The van der Waals surface area contributed by atoms with Crippen LogP contribution in [0.5, 0.6) is 0 Å². The van der Waals surface area contributed by atoms with Gasteiger partial charge in [0.05, 0.1) is 0 Å². The Bertz CT molecular complexity index is 189. The molecule has 1 unspecified atom stereocenters. The predicted molar refractivity (Wildman–Crippen MR) is 56.2 cm³/mol. The Morgan fingerprint density at radius 2 is 2.17 bits per heavy atom. The minimum Gasteiger partial charge on any atom is -0.317 e. The third kappa shape index (κ3) is 4.91. The molecule has 0 aromatic carbocycles. The van der Waals surface area contributed by atoms with E-state index in [9.17, 15) is 0 Å². The Balaban J connectivity index is 3.97. The first-order valence-corrected chi connectivity index (χ1v) is 4.26. The van der Waals surface area contributed by atoms with Gasteiger partial charge in [0.1, 0.15) is 0 Å². The van der Waals surface area contributed by atoms with Crippen molar-refractivity contribution in [1.82, 2.24) is 5.32 Å². The van der Waals surface area contributed by atoms with Gasteiger partial charge >= 0.3 is 0 Å². The second kappa shape index (κ2) is 5.78. The van der Waals surface area contributed by atoms with E-state index in [2.05, 4.69) is 31.5 Å². The van der Waals surface area contributed by atoms with E-state index < -0.39 is 0 Å². The number of allylic oxidation sites excluding steroid dienone is 3. The van der Waals surface area contributed by atoms with Crippen LogP contribution in [0.15, 0.2) is 36.5 Å². The maximum absolute atomic E-state index is 3.97. The predicted octanol–water partition coefficient (Wildman–Crippen LogP) is 2.67. The molecule has 0 aromatic rings. The highest BCUT2D eigenvalue weighted by Gasteiger charge is 1.98. The molecule has 0 saturated carbocycles. The topological polar surface area (TPSA) is 12.0 Å². The summed E-state index contributed by atoms with van der Waals surface area (Å²) < 4.78 is 0. The van der Waals surface area contributed by atoms with E-state index >= 15 is 0 Å². The Morgan fingerprint density at radius 1 is 1.58 bits per heavy atom. The van der Waals surface area contributed by atoms with Gasteiger partial charge in [-0.05, 0) is 27.3 Å². The maximum atomic E-state index is 3.97. The molecule has 1 heteroatoms. The van der Waals surface area contributed by atoms with E-state index in [-0.39, 0.29) is 0 Å². The maximum Gasteiger partial charge on any atom is 0.00759 e. The second-order valence-electron chi connectivity index (χ2n) is 3.14. The smallest absolute Gasteiger partial charge is 0.00759 e. The van der Waals surface area contributed by atoms with Gasteiger partial charge in [-0.15, -0.1) is 0 Å². The molecule has 0 bridgehead atoms. The minimum absolute atomic E-state index is 0.492. The van der Waals surface area contributed by atoms with Crippen LogP contribution in [0.25, 0.3) is 0 Å². The molecule has 0 heterocycles. The van der Waals surface area contributed by atoms with Gasteiger partial charge in [0.25, 0.3) is 0 Å². The molecule has 1 atom stereocenters. The Labute approximate surface area is 75.9 Å².